The van der Waals surface area contributed by atoms with Crippen LogP contribution in [-0.2, 0) is 14.3 Å². The van der Waals surface area contributed by atoms with Gasteiger partial charge in [-0.05, 0) is 81.9 Å². The Morgan fingerprint density at radius 2 is 1.93 bits per heavy atom. The highest BCUT2D eigenvalue weighted by atomic mass is 127. The number of benzene rings is 2. The first kappa shape index (κ1) is 22.3. The number of carbonyl (C=O) groups is 2. The number of cyclic esters (lactones) is 1. The summed E-state index contributed by atoms with van der Waals surface area (Å²) in [5.41, 5.74) is 1.50. The van der Waals surface area contributed by atoms with Gasteiger partial charge in [-0.2, -0.15) is 0 Å². The van der Waals surface area contributed by atoms with Crippen LogP contribution in [0.2, 0.25) is 0 Å². The van der Waals surface area contributed by atoms with Crippen molar-refractivity contribution < 1.29 is 24.0 Å². The summed E-state index contributed by atoms with van der Waals surface area (Å²) in [5.74, 6) is -0.514. The van der Waals surface area contributed by atoms with E-state index in [1.54, 1.807) is 44.2 Å². The Hall–Kier alpha value is -2.35. The monoisotopic (exact) mass is 632 g/mol. The number of nitro benzene ring substituents is 1. The average Bonchev–Trinajstić information content (AvgIpc) is 3.05. The van der Waals surface area contributed by atoms with Gasteiger partial charge in [0.25, 0.3) is 5.69 Å². The zero-order chi connectivity index (χ0) is 22.0. The van der Waals surface area contributed by atoms with E-state index in [1.807, 2.05) is 0 Å². The maximum absolute atomic E-state index is 12.3. The Kier molecular flexibility index (Phi) is 6.85. The van der Waals surface area contributed by atoms with E-state index in [0.717, 1.165) is 0 Å². The molecule has 0 N–H and O–H groups in total. The topological polar surface area (TPSA) is 108 Å². The van der Waals surface area contributed by atoms with Crippen molar-refractivity contribution in [2.75, 3.05) is 0 Å². The fraction of sp³-hybridized carbons (Fsp3) is 0.150. The van der Waals surface area contributed by atoms with Crippen molar-refractivity contribution in [3.63, 3.8) is 0 Å². The van der Waals surface area contributed by atoms with Gasteiger partial charge in [0.05, 0.1) is 12.1 Å². The lowest BCUT2D eigenvalue weighted by Crippen LogP contribution is -2.08. The highest BCUT2D eigenvalue weighted by molar-refractivity contribution is 14.1. The smallest absolute Gasteiger partial charge is 0.363 e. The number of hydrogen-bond donors (Lipinski definition) is 0. The molecule has 0 aromatic heterocycles. The number of rotatable bonds is 5. The number of carbonyl (C=O) groups excluding carboxylic acids is 2. The first-order valence-corrected chi connectivity index (χ1v) is 10.8. The van der Waals surface area contributed by atoms with Crippen LogP contribution in [0.4, 0.5) is 5.69 Å². The Labute approximate surface area is 198 Å². The molecule has 1 heterocycles. The molecule has 2 aromatic rings. The van der Waals surface area contributed by atoms with Crippen molar-refractivity contribution in [1.82, 2.24) is 0 Å². The van der Waals surface area contributed by atoms with E-state index >= 15 is 0 Å². The van der Waals surface area contributed by atoms with Gasteiger partial charge in [-0.25, -0.2) is 9.79 Å². The van der Waals surface area contributed by atoms with Crippen molar-refractivity contribution in [2.45, 2.75) is 20.3 Å². The summed E-state index contributed by atoms with van der Waals surface area (Å²) in [7, 11) is 0. The molecule has 0 amide bonds. The molecule has 0 saturated carbocycles. The second-order valence-electron chi connectivity index (χ2n) is 6.24. The van der Waals surface area contributed by atoms with Crippen molar-refractivity contribution in [3.8, 4) is 5.75 Å². The van der Waals surface area contributed by atoms with E-state index in [-0.39, 0.29) is 29.7 Å². The molecule has 10 heteroatoms. The molecule has 0 atom stereocenters. The summed E-state index contributed by atoms with van der Waals surface area (Å²) in [4.78, 5) is 38.7. The lowest BCUT2D eigenvalue weighted by atomic mass is 10.1. The lowest BCUT2D eigenvalue weighted by molar-refractivity contribution is -0.385. The second kappa shape index (κ2) is 9.20. The number of hydrogen-bond acceptors (Lipinski definition) is 7. The molecule has 0 fully saturated rings. The number of nitrogens with zero attached hydrogens (tertiary/aromatic N) is 2. The van der Waals surface area contributed by atoms with Crippen LogP contribution in [0.25, 0.3) is 6.08 Å². The van der Waals surface area contributed by atoms with E-state index in [9.17, 15) is 19.7 Å². The van der Waals surface area contributed by atoms with Gasteiger partial charge in [0.2, 0.25) is 5.90 Å². The van der Waals surface area contributed by atoms with Crippen LogP contribution in [0.1, 0.15) is 30.0 Å². The van der Waals surface area contributed by atoms with Gasteiger partial charge in [0, 0.05) is 23.6 Å². The summed E-state index contributed by atoms with van der Waals surface area (Å²) < 4.78 is 12.0. The maximum Gasteiger partial charge on any atom is 0.363 e. The number of aliphatic imine (C=N–C) groups is 1. The zero-order valence-electron chi connectivity index (χ0n) is 15.8. The van der Waals surface area contributed by atoms with E-state index in [1.165, 1.54) is 6.07 Å². The van der Waals surface area contributed by atoms with Crippen molar-refractivity contribution >= 4 is 74.8 Å². The molecule has 30 heavy (non-hydrogen) atoms. The maximum atomic E-state index is 12.3. The van der Waals surface area contributed by atoms with Gasteiger partial charge in [-0.15, -0.1) is 0 Å². The molecule has 2 aromatic carbocycles. The molecule has 1 aliphatic rings. The van der Waals surface area contributed by atoms with Crippen LogP contribution in [0, 0.1) is 24.2 Å². The van der Waals surface area contributed by atoms with E-state index in [0.29, 0.717) is 29.6 Å². The number of nitro groups is 1. The highest BCUT2D eigenvalue weighted by Gasteiger charge is 2.26. The highest BCUT2D eigenvalue weighted by Crippen LogP contribution is 2.31. The molecule has 0 unspecified atom stereocenters. The third-order valence-corrected chi connectivity index (χ3v) is 5.70. The van der Waals surface area contributed by atoms with Gasteiger partial charge in [-0.1, -0.05) is 13.0 Å². The van der Waals surface area contributed by atoms with Gasteiger partial charge in [0.15, 0.2) is 11.4 Å². The first-order chi connectivity index (χ1) is 14.2. The van der Waals surface area contributed by atoms with Crippen LogP contribution < -0.4 is 4.74 Å². The minimum atomic E-state index is -0.653. The summed E-state index contributed by atoms with van der Waals surface area (Å²) in [6, 6.07) is 8.02. The number of aryl methyl sites for hydroxylation is 1. The van der Waals surface area contributed by atoms with Gasteiger partial charge in [-0.3, -0.25) is 14.9 Å². The fourth-order valence-corrected chi connectivity index (χ4v) is 4.61. The summed E-state index contributed by atoms with van der Waals surface area (Å²) in [6.07, 6.45) is 1.81. The molecule has 0 radical (unpaired) electrons. The third kappa shape index (κ3) is 4.86. The van der Waals surface area contributed by atoms with E-state index < -0.39 is 10.9 Å². The van der Waals surface area contributed by atoms with Crippen LogP contribution in [0.3, 0.4) is 0 Å². The molecule has 154 valence electrons. The fourth-order valence-electron chi connectivity index (χ4n) is 2.58. The predicted molar refractivity (Wildman–Crippen MR) is 126 cm³/mol. The molecule has 8 nitrogen and oxygen atoms in total. The number of halogens is 2. The zero-order valence-corrected chi connectivity index (χ0v) is 20.1. The third-order valence-electron chi connectivity index (χ3n) is 4.10. The molecule has 1 aliphatic heterocycles. The van der Waals surface area contributed by atoms with Crippen LogP contribution in [0.15, 0.2) is 41.0 Å². The minimum Gasteiger partial charge on any atom is -0.424 e. The molecular formula is C20H14I2N2O6. The van der Waals surface area contributed by atoms with Crippen LogP contribution >= 0.6 is 45.2 Å². The van der Waals surface area contributed by atoms with Gasteiger partial charge >= 0.3 is 11.9 Å². The van der Waals surface area contributed by atoms with Crippen LogP contribution in [0.5, 0.6) is 5.75 Å². The number of ether oxygens (including phenoxy) is 2. The Morgan fingerprint density at radius 3 is 2.53 bits per heavy atom. The van der Waals surface area contributed by atoms with Crippen molar-refractivity contribution in [2.24, 2.45) is 4.99 Å². The SMILES string of the molecule is CCC(=O)Oc1c(I)cc(/C=C2\N=C(c3ccc(C)c([N+](=O)[O-])c3)OC2=O)cc1I. The number of esters is 2. The quantitative estimate of drug-likeness (QED) is 0.117. The molecule has 0 aliphatic carbocycles. The Balaban J connectivity index is 1.94. The largest absolute Gasteiger partial charge is 0.424 e. The molecule has 3 rings (SSSR count). The predicted octanol–water partition coefficient (Wildman–Crippen LogP) is 4.77. The molecule has 0 spiro atoms. The van der Waals surface area contributed by atoms with Gasteiger partial charge < -0.3 is 9.47 Å². The van der Waals surface area contributed by atoms with E-state index in [4.69, 9.17) is 9.47 Å². The van der Waals surface area contributed by atoms with Crippen molar-refractivity contribution in [1.29, 1.82) is 0 Å². The van der Waals surface area contributed by atoms with Crippen LogP contribution in [-0.4, -0.2) is 22.8 Å². The molecular weight excluding hydrogens is 618 g/mol. The Morgan fingerprint density at radius 1 is 1.27 bits per heavy atom. The first-order valence-electron chi connectivity index (χ1n) is 8.67. The normalized spacial score (nSPS) is 14.5. The molecule has 0 bridgehead atoms. The van der Waals surface area contributed by atoms with Gasteiger partial charge in [0.1, 0.15) is 0 Å². The van der Waals surface area contributed by atoms with E-state index in [2.05, 4.69) is 50.2 Å². The molecule has 0 saturated heterocycles. The summed E-state index contributed by atoms with van der Waals surface area (Å²) in [5, 5.41) is 11.1. The average molecular weight is 632 g/mol. The minimum absolute atomic E-state index is 0.00670. The Bertz CT molecular complexity index is 1120. The standard InChI is InChI=1S/C20H14I2N2O6/c1-3-17(25)29-18-13(21)6-11(7-14(18)22)8-15-20(26)30-19(23-15)12-5-4-10(2)16(9-12)24(27)28/h4-9H,3H2,1-2H3/b15-8-. The van der Waals surface area contributed by atoms with Crippen molar-refractivity contribution in [3.05, 3.63) is 70.0 Å². The summed E-state index contributed by atoms with van der Waals surface area (Å²) in [6.45, 7) is 3.34. The summed E-state index contributed by atoms with van der Waals surface area (Å²) >= 11 is 4.10. The lowest BCUT2D eigenvalue weighted by Gasteiger charge is -2.09. The second-order valence-corrected chi connectivity index (χ2v) is 8.56.